The van der Waals surface area contributed by atoms with E-state index in [1.165, 1.54) is 0 Å². The minimum atomic E-state index is -3.19. The number of hydrogen-bond donors (Lipinski definition) is 1. The van der Waals surface area contributed by atoms with Crippen molar-refractivity contribution in [3.05, 3.63) is 71.3 Å². The third-order valence-corrected chi connectivity index (χ3v) is 5.16. The minimum absolute atomic E-state index is 0.0675. The molecule has 0 bridgehead atoms. The lowest BCUT2D eigenvalue weighted by Crippen LogP contribution is -2.23. The van der Waals surface area contributed by atoms with Crippen LogP contribution in [0.3, 0.4) is 0 Å². The van der Waals surface area contributed by atoms with Gasteiger partial charge in [-0.1, -0.05) is 60.2 Å². The number of hydrogen-bond acceptors (Lipinski definition) is 3. The molecule has 0 saturated heterocycles. The lowest BCUT2D eigenvalue weighted by Gasteiger charge is -2.15. The monoisotopic (exact) mass is 303 g/mol. The van der Waals surface area contributed by atoms with E-state index < -0.39 is 9.84 Å². The molecule has 112 valence electrons. The van der Waals surface area contributed by atoms with Crippen LogP contribution in [0, 0.1) is 6.92 Å². The predicted octanol–water partition coefficient (Wildman–Crippen LogP) is 2.65. The third kappa shape index (κ3) is 4.69. The second-order valence-corrected chi connectivity index (χ2v) is 7.50. The molecular weight excluding hydrogens is 282 g/mol. The van der Waals surface area contributed by atoms with Gasteiger partial charge in [0.15, 0.2) is 9.84 Å². The Morgan fingerprint density at radius 2 is 1.76 bits per heavy atom. The molecule has 2 aromatic rings. The maximum Gasteiger partial charge on any atom is 0.155 e. The Kier molecular flexibility index (Phi) is 5.15. The summed E-state index contributed by atoms with van der Waals surface area (Å²) in [6.07, 6.45) is 0. The van der Waals surface area contributed by atoms with Gasteiger partial charge in [-0.2, -0.15) is 0 Å². The zero-order chi connectivity index (χ0) is 15.3. The highest BCUT2D eigenvalue weighted by molar-refractivity contribution is 7.90. The van der Waals surface area contributed by atoms with Crippen molar-refractivity contribution in [2.75, 3.05) is 12.3 Å². The molecule has 0 aliphatic heterocycles. The van der Waals surface area contributed by atoms with Crippen molar-refractivity contribution in [1.82, 2.24) is 0 Å². The number of aryl methyl sites for hydroxylation is 1. The van der Waals surface area contributed by atoms with Gasteiger partial charge in [-0.05, 0) is 18.1 Å². The molecule has 0 radical (unpaired) electrons. The summed E-state index contributed by atoms with van der Waals surface area (Å²) in [7, 11) is -3.19. The summed E-state index contributed by atoms with van der Waals surface area (Å²) < 4.78 is 24.8. The van der Waals surface area contributed by atoms with Crippen LogP contribution >= 0.6 is 0 Å². The minimum Gasteiger partial charge on any atom is -0.330 e. The highest BCUT2D eigenvalue weighted by Crippen LogP contribution is 2.19. The van der Waals surface area contributed by atoms with Gasteiger partial charge >= 0.3 is 0 Å². The number of sulfone groups is 1. The zero-order valence-electron chi connectivity index (χ0n) is 12.2. The van der Waals surface area contributed by atoms with E-state index in [-0.39, 0.29) is 17.4 Å². The van der Waals surface area contributed by atoms with Crippen molar-refractivity contribution < 1.29 is 8.42 Å². The van der Waals surface area contributed by atoms with Crippen molar-refractivity contribution >= 4 is 9.84 Å². The van der Waals surface area contributed by atoms with Crippen LogP contribution in [0.15, 0.2) is 54.6 Å². The Hall–Kier alpha value is -1.65. The number of nitrogens with two attached hydrogens (primary N) is 1. The van der Waals surface area contributed by atoms with Crippen LogP contribution < -0.4 is 5.73 Å². The van der Waals surface area contributed by atoms with E-state index in [1.807, 2.05) is 61.5 Å². The number of rotatable bonds is 6. The molecule has 21 heavy (non-hydrogen) atoms. The molecule has 2 N–H and O–H groups in total. The molecule has 0 heterocycles. The standard InChI is InChI=1S/C17H21NO2S/c1-14-6-5-7-15(10-14)12-21(19,20)13-17(11-18)16-8-3-2-4-9-16/h2-10,17H,11-13,18H2,1H3. The molecule has 0 saturated carbocycles. The van der Waals surface area contributed by atoms with E-state index in [2.05, 4.69) is 0 Å². The van der Waals surface area contributed by atoms with Crippen LogP contribution in [0.4, 0.5) is 0 Å². The lowest BCUT2D eigenvalue weighted by atomic mass is 10.0. The Morgan fingerprint density at radius 1 is 1.05 bits per heavy atom. The summed E-state index contributed by atoms with van der Waals surface area (Å²) >= 11 is 0. The van der Waals surface area contributed by atoms with Crippen molar-refractivity contribution in [1.29, 1.82) is 0 Å². The van der Waals surface area contributed by atoms with E-state index in [1.54, 1.807) is 0 Å². The van der Waals surface area contributed by atoms with Gasteiger partial charge in [-0.15, -0.1) is 0 Å². The van der Waals surface area contributed by atoms with Crippen molar-refractivity contribution in [2.24, 2.45) is 5.73 Å². The first-order valence-electron chi connectivity index (χ1n) is 7.01. The van der Waals surface area contributed by atoms with E-state index in [0.717, 1.165) is 16.7 Å². The normalized spacial score (nSPS) is 13.0. The zero-order valence-corrected chi connectivity index (χ0v) is 13.0. The first kappa shape index (κ1) is 15.7. The van der Waals surface area contributed by atoms with Gasteiger partial charge in [-0.3, -0.25) is 0 Å². The summed E-state index contributed by atoms with van der Waals surface area (Å²) in [4.78, 5) is 0. The predicted molar refractivity (Wildman–Crippen MR) is 86.9 cm³/mol. The lowest BCUT2D eigenvalue weighted by molar-refractivity contribution is 0.587. The molecule has 0 spiro atoms. The maximum absolute atomic E-state index is 12.4. The molecule has 4 heteroatoms. The average molecular weight is 303 g/mol. The van der Waals surface area contributed by atoms with Crippen LogP contribution in [0.2, 0.25) is 0 Å². The molecule has 2 aromatic carbocycles. The van der Waals surface area contributed by atoms with Gasteiger partial charge in [0.05, 0.1) is 11.5 Å². The molecule has 0 amide bonds. The molecule has 3 nitrogen and oxygen atoms in total. The van der Waals surface area contributed by atoms with Crippen LogP contribution in [0.5, 0.6) is 0 Å². The van der Waals surface area contributed by atoms with E-state index >= 15 is 0 Å². The molecular formula is C17H21NO2S. The van der Waals surface area contributed by atoms with Gasteiger partial charge in [0.2, 0.25) is 0 Å². The maximum atomic E-state index is 12.4. The second-order valence-electron chi connectivity index (χ2n) is 5.39. The van der Waals surface area contributed by atoms with Crippen LogP contribution in [0.25, 0.3) is 0 Å². The first-order chi connectivity index (χ1) is 10.00. The summed E-state index contributed by atoms with van der Waals surface area (Å²) in [6.45, 7) is 2.29. The van der Waals surface area contributed by atoms with Crippen molar-refractivity contribution in [3.63, 3.8) is 0 Å². The average Bonchev–Trinajstić information content (AvgIpc) is 2.45. The third-order valence-electron chi connectivity index (χ3n) is 3.48. The van der Waals surface area contributed by atoms with Crippen molar-refractivity contribution in [2.45, 2.75) is 18.6 Å². The molecule has 1 atom stereocenters. The van der Waals surface area contributed by atoms with Gasteiger partial charge in [-0.25, -0.2) is 8.42 Å². The largest absolute Gasteiger partial charge is 0.330 e. The highest BCUT2D eigenvalue weighted by Gasteiger charge is 2.20. The SMILES string of the molecule is Cc1cccc(CS(=O)(=O)CC(CN)c2ccccc2)c1. The Labute approximate surface area is 126 Å². The van der Waals surface area contributed by atoms with Gasteiger partial charge in [0.1, 0.15) is 0 Å². The summed E-state index contributed by atoms with van der Waals surface area (Å²) in [5, 5.41) is 0. The highest BCUT2D eigenvalue weighted by atomic mass is 32.2. The smallest absolute Gasteiger partial charge is 0.155 e. The van der Waals surface area contributed by atoms with Gasteiger partial charge in [0.25, 0.3) is 0 Å². The quantitative estimate of drug-likeness (QED) is 0.892. The molecule has 0 aliphatic rings. The van der Waals surface area contributed by atoms with Gasteiger partial charge in [0, 0.05) is 12.5 Å². The molecule has 1 unspecified atom stereocenters. The summed E-state index contributed by atoms with van der Waals surface area (Å²) in [5.41, 5.74) is 8.65. The topological polar surface area (TPSA) is 60.2 Å². The van der Waals surface area contributed by atoms with E-state index in [0.29, 0.717) is 6.54 Å². The number of benzene rings is 2. The van der Waals surface area contributed by atoms with E-state index in [4.69, 9.17) is 5.73 Å². The summed E-state index contributed by atoms with van der Waals surface area (Å²) in [6, 6.07) is 17.2. The fraction of sp³-hybridized carbons (Fsp3) is 0.294. The molecule has 2 rings (SSSR count). The van der Waals surface area contributed by atoms with Crippen molar-refractivity contribution in [3.8, 4) is 0 Å². The Balaban J connectivity index is 2.13. The van der Waals surface area contributed by atoms with Crippen LogP contribution in [0.1, 0.15) is 22.6 Å². The molecule has 0 fully saturated rings. The molecule has 0 aromatic heterocycles. The van der Waals surface area contributed by atoms with E-state index in [9.17, 15) is 8.42 Å². The summed E-state index contributed by atoms with van der Waals surface area (Å²) in [5.74, 6) is 0.000407. The first-order valence-corrected chi connectivity index (χ1v) is 8.83. The molecule has 0 aliphatic carbocycles. The van der Waals surface area contributed by atoms with Crippen LogP contribution in [-0.4, -0.2) is 20.7 Å². The van der Waals surface area contributed by atoms with Crippen LogP contribution in [-0.2, 0) is 15.6 Å². The Bertz CT molecular complexity index is 681. The van der Waals surface area contributed by atoms with Gasteiger partial charge < -0.3 is 5.73 Å². The fourth-order valence-electron chi connectivity index (χ4n) is 2.45. The second kappa shape index (κ2) is 6.87. The Morgan fingerprint density at radius 3 is 2.38 bits per heavy atom. The fourth-order valence-corrected chi connectivity index (χ4v) is 4.19.